The summed E-state index contributed by atoms with van der Waals surface area (Å²) in [5.41, 5.74) is 16.4. The van der Waals surface area contributed by atoms with Crippen molar-refractivity contribution in [3.8, 4) is 67.5 Å². The van der Waals surface area contributed by atoms with Crippen LogP contribution in [0.5, 0.6) is 0 Å². The Morgan fingerprint density at radius 2 is 0.886 bits per heavy atom. The minimum Gasteiger partial charge on any atom is -0.208 e. The summed E-state index contributed by atoms with van der Waals surface area (Å²) in [5.74, 6) is 2.05. The van der Waals surface area contributed by atoms with E-state index in [-0.39, 0.29) is 0 Å². The molecule has 0 N–H and O–H groups in total. The number of fused-ring (bicyclic) bond motifs is 6. The fraction of sp³-hybridized carbons (Fsp3) is 0.0488. The van der Waals surface area contributed by atoms with Crippen molar-refractivity contribution in [2.24, 2.45) is 0 Å². The van der Waals surface area contributed by atoms with Crippen molar-refractivity contribution in [2.75, 3.05) is 0 Å². The van der Waals surface area contributed by atoms with E-state index < -0.39 is 0 Å². The van der Waals surface area contributed by atoms with Gasteiger partial charge in [0.25, 0.3) is 0 Å². The molecule has 0 unspecified atom stereocenters. The predicted molar refractivity (Wildman–Crippen MR) is 178 cm³/mol. The van der Waals surface area contributed by atoms with Crippen molar-refractivity contribution in [2.45, 2.75) is 12.8 Å². The molecule has 7 aromatic rings. The van der Waals surface area contributed by atoms with Gasteiger partial charge in [-0.3, -0.25) is 0 Å². The highest BCUT2D eigenvalue weighted by atomic mass is 15.0. The summed E-state index contributed by atoms with van der Waals surface area (Å²) >= 11 is 0. The number of aromatic nitrogens is 3. The van der Waals surface area contributed by atoms with Crippen molar-refractivity contribution >= 4 is 0 Å². The molecule has 206 valence electrons. The average Bonchev–Trinajstić information content (AvgIpc) is 3.66. The zero-order valence-electron chi connectivity index (χ0n) is 24.0. The van der Waals surface area contributed by atoms with Gasteiger partial charge in [0.1, 0.15) is 0 Å². The van der Waals surface area contributed by atoms with Gasteiger partial charge in [-0.25, -0.2) is 15.0 Å². The fourth-order valence-electron chi connectivity index (χ4n) is 6.86. The quantitative estimate of drug-likeness (QED) is 0.215. The summed E-state index contributed by atoms with van der Waals surface area (Å²) in [4.78, 5) is 14.8. The van der Waals surface area contributed by atoms with Crippen LogP contribution >= 0.6 is 0 Å². The molecule has 3 heteroatoms. The molecule has 44 heavy (non-hydrogen) atoms. The molecule has 9 rings (SSSR count). The molecule has 0 amide bonds. The third-order valence-electron chi connectivity index (χ3n) is 8.97. The van der Waals surface area contributed by atoms with Crippen molar-refractivity contribution in [3.05, 3.63) is 162 Å². The Morgan fingerprint density at radius 1 is 0.318 bits per heavy atom. The molecule has 3 nitrogen and oxygen atoms in total. The van der Waals surface area contributed by atoms with Crippen LogP contribution in [0.3, 0.4) is 0 Å². The Labute approximate surface area is 256 Å². The highest BCUT2D eigenvalue weighted by Gasteiger charge is 2.24. The van der Waals surface area contributed by atoms with Gasteiger partial charge in [0.2, 0.25) is 0 Å². The smallest absolute Gasteiger partial charge is 0.164 e. The van der Waals surface area contributed by atoms with E-state index in [0.717, 1.165) is 29.5 Å². The predicted octanol–water partition coefficient (Wildman–Crippen LogP) is 9.68. The summed E-state index contributed by atoms with van der Waals surface area (Å²) < 4.78 is 0. The number of hydrogen-bond donors (Lipinski definition) is 0. The van der Waals surface area contributed by atoms with Gasteiger partial charge in [0, 0.05) is 16.7 Å². The minimum atomic E-state index is 0.680. The molecule has 0 fully saturated rings. The molecule has 1 heterocycles. The Balaban J connectivity index is 1.12. The Hall–Kier alpha value is -5.67. The van der Waals surface area contributed by atoms with E-state index in [2.05, 4.69) is 78.9 Å². The zero-order valence-corrected chi connectivity index (χ0v) is 24.0. The van der Waals surface area contributed by atoms with E-state index in [1.165, 1.54) is 55.6 Å². The molecule has 0 spiro atoms. The molecule has 0 saturated heterocycles. The SMILES string of the molecule is c1ccc(-c2nc(-c3ccccc3)nc(-c3ccc4c(c3)Cc3ccc(-c5cccc6c5-c5ccccc5C6)cc3-4)n2)cc1. The van der Waals surface area contributed by atoms with Crippen LogP contribution in [-0.4, -0.2) is 15.0 Å². The lowest BCUT2D eigenvalue weighted by Gasteiger charge is -2.12. The molecule has 6 aromatic carbocycles. The first-order valence-electron chi connectivity index (χ1n) is 15.1. The van der Waals surface area contributed by atoms with Gasteiger partial charge >= 0.3 is 0 Å². The molecule has 0 atom stereocenters. The Bertz CT molecular complexity index is 2160. The van der Waals surface area contributed by atoms with E-state index in [1.807, 2.05) is 60.7 Å². The van der Waals surface area contributed by atoms with Gasteiger partial charge in [-0.05, 0) is 80.6 Å². The Kier molecular flexibility index (Phi) is 5.63. The number of rotatable bonds is 4. The fourth-order valence-corrected chi connectivity index (χ4v) is 6.86. The van der Waals surface area contributed by atoms with Crippen molar-refractivity contribution < 1.29 is 0 Å². The normalized spacial score (nSPS) is 12.4. The van der Waals surface area contributed by atoms with Gasteiger partial charge in [-0.2, -0.15) is 0 Å². The van der Waals surface area contributed by atoms with E-state index in [1.54, 1.807) is 0 Å². The number of nitrogens with zero attached hydrogens (tertiary/aromatic N) is 3. The van der Waals surface area contributed by atoms with E-state index >= 15 is 0 Å². The molecule has 0 saturated carbocycles. The molecule has 0 aliphatic heterocycles. The lowest BCUT2D eigenvalue weighted by molar-refractivity contribution is 1.07. The first-order valence-corrected chi connectivity index (χ1v) is 15.1. The molecule has 0 radical (unpaired) electrons. The third kappa shape index (κ3) is 4.09. The summed E-state index contributed by atoms with van der Waals surface area (Å²) in [6, 6.07) is 49.5. The molecular formula is C41H27N3. The van der Waals surface area contributed by atoms with Crippen LogP contribution in [0.15, 0.2) is 140 Å². The number of benzene rings is 6. The first kappa shape index (κ1) is 24.9. The zero-order chi connectivity index (χ0) is 29.0. The van der Waals surface area contributed by atoms with Gasteiger partial charge in [0.05, 0.1) is 0 Å². The molecule has 2 aliphatic rings. The lowest BCUT2D eigenvalue weighted by Crippen LogP contribution is -2.00. The van der Waals surface area contributed by atoms with Crippen molar-refractivity contribution in [1.82, 2.24) is 15.0 Å². The van der Waals surface area contributed by atoms with Crippen molar-refractivity contribution in [1.29, 1.82) is 0 Å². The van der Waals surface area contributed by atoms with Crippen LogP contribution in [-0.2, 0) is 12.8 Å². The molecule has 0 bridgehead atoms. The topological polar surface area (TPSA) is 38.7 Å². The Morgan fingerprint density at radius 3 is 1.64 bits per heavy atom. The first-order chi connectivity index (χ1) is 21.8. The van der Waals surface area contributed by atoms with Crippen LogP contribution in [0, 0.1) is 0 Å². The van der Waals surface area contributed by atoms with E-state index in [0.29, 0.717) is 17.5 Å². The maximum absolute atomic E-state index is 4.96. The van der Waals surface area contributed by atoms with Crippen LogP contribution in [0.1, 0.15) is 22.3 Å². The second-order valence-electron chi connectivity index (χ2n) is 11.6. The van der Waals surface area contributed by atoms with E-state index in [4.69, 9.17) is 15.0 Å². The summed E-state index contributed by atoms with van der Waals surface area (Å²) in [5, 5.41) is 0. The molecule has 1 aromatic heterocycles. The van der Waals surface area contributed by atoms with Crippen molar-refractivity contribution in [3.63, 3.8) is 0 Å². The van der Waals surface area contributed by atoms with Crippen LogP contribution < -0.4 is 0 Å². The second-order valence-corrected chi connectivity index (χ2v) is 11.6. The van der Waals surface area contributed by atoms with Gasteiger partial charge in [-0.1, -0.05) is 127 Å². The minimum absolute atomic E-state index is 0.680. The summed E-state index contributed by atoms with van der Waals surface area (Å²) in [7, 11) is 0. The van der Waals surface area contributed by atoms with Gasteiger partial charge in [-0.15, -0.1) is 0 Å². The maximum Gasteiger partial charge on any atom is 0.164 e. The number of hydrogen-bond acceptors (Lipinski definition) is 3. The van der Waals surface area contributed by atoms with Crippen LogP contribution in [0.2, 0.25) is 0 Å². The summed E-state index contributed by atoms with van der Waals surface area (Å²) in [6.07, 6.45) is 1.90. The van der Waals surface area contributed by atoms with Crippen LogP contribution in [0.4, 0.5) is 0 Å². The summed E-state index contributed by atoms with van der Waals surface area (Å²) in [6.45, 7) is 0. The lowest BCUT2D eigenvalue weighted by atomic mass is 9.92. The molecular weight excluding hydrogens is 534 g/mol. The van der Waals surface area contributed by atoms with E-state index in [9.17, 15) is 0 Å². The highest BCUT2D eigenvalue weighted by molar-refractivity contribution is 5.92. The van der Waals surface area contributed by atoms with Gasteiger partial charge < -0.3 is 0 Å². The standard InChI is InChI=1S/C41H27N3/c1-3-10-26(11-4-1)39-42-40(27-12-5-2-6-13-27)44-41(43-39)32-20-21-34-33(24-32)23-29-18-19-30(25-37(29)34)36-17-9-15-31-22-28-14-7-8-16-35(28)38(31)36/h1-21,24-25H,22-23H2. The van der Waals surface area contributed by atoms with Gasteiger partial charge in [0.15, 0.2) is 17.5 Å². The molecule has 2 aliphatic carbocycles. The largest absolute Gasteiger partial charge is 0.208 e. The third-order valence-corrected chi connectivity index (χ3v) is 8.97. The second kappa shape index (κ2) is 9.96. The monoisotopic (exact) mass is 561 g/mol. The average molecular weight is 562 g/mol. The van der Waals surface area contributed by atoms with Crippen LogP contribution in [0.25, 0.3) is 67.5 Å². The maximum atomic E-state index is 4.96. The highest BCUT2D eigenvalue weighted by Crippen LogP contribution is 2.45.